The number of nitrogens with zero attached hydrogens (tertiary/aromatic N) is 6. The van der Waals surface area contributed by atoms with Crippen molar-refractivity contribution in [1.29, 1.82) is 0 Å². The first-order valence-corrected chi connectivity index (χ1v) is 7.87. The lowest BCUT2D eigenvalue weighted by atomic mass is 10.2. The van der Waals surface area contributed by atoms with Crippen molar-refractivity contribution in [1.82, 2.24) is 29.5 Å². The standard InChI is InChI=1S/C16H15N7O/c1-22-11-6-3-2-5-10(11)9-12(22)13-18-15(24-21-13)14-19-16-17-7-4-8-23(16)20-14/h2-3,5-6,9H,4,7-8H2,1H3,(H,17,19,20). The van der Waals surface area contributed by atoms with Crippen LogP contribution in [-0.2, 0) is 13.6 Å². The number of hydrogen-bond acceptors (Lipinski definition) is 6. The molecule has 3 aromatic heterocycles. The van der Waals surface area contributed by atoms with Gasteiger partial charge in [-0.15, -0.1) is 5.10 Å². The van der Waals surface area contributed by atoms with E-state index in [0.29, 0.717) is 17.5 Å². The minimum atomic E-state index is 0.332. The third kappa shape index (κ3) is 1.92. The maximum atomic E-state index is 5.39. The van der Waals surface area contributed by atoms with Crippen molar-refractivity contribution in [2.24, 2.45) is 7.05 Å². The molecule has 0 radical (unpaired) electrons. The van der Waals surface area contributed by atoms with Gasteiger partial charge in [-0.3, -0.25) is 0 Å². The Bertz CT molecular complexity index is 1020. The van der Waals surface area contributed by atoms with Gasteiger partial charge in [0.1, 0.15) is 0 Å². The lowest BCUT2D eigenvalue weighted by molar-refractivity contribution is 0.428. The Labute approximate surface area is 137 Å². The Morgan fingerprint density at radius 2 is 2.08 bits per heavy atom. The molecule has 0 saturated heterocycles. The first-order valence-electron chi connectivity index (χ1n) is 7.87. The van der Waals surface area contributed by atoms with E-state index in [9.17, 15) is 0 Å². The van der Waals surface area contributed by atoms with Gasteiger partial charge >= 0.3 is 0 Å². The zero-order valence-electron chi connectivity index (χ0n) is 13.1. The molecule has 1 aliphatic heterocycles. The maximum Gasteiger partial charge on any atom is 0.298 e. The van der Waals surface area contributed by atoms with Crippen LogP contribution in [0, 0.1) is 0 Å². The fourth-order valence-corrected chi connectivity index (χ4v) is 3.07. The fraction of sp³-hybridized carbons (Fsp3) is 0.250. The molecule has 1 aromatic carbocycles. The van der Waals surface area contributed by atoms with Gasteiger partial charge in [0, 0.05) is 31.0 Å². The number of nitrogens with one attached hydrogen (secondary N) is 1. The molecule has 0 saturated carbocycles. The third-order valence-corrected chi connectivity index (χ3v) is 4.30. The molecule has 1 N–H and O–H groups in total. The third-order valence-electron chi connectivity index (χ3n) is 4.30. The lowest BCUT2D eigenvalue weighted by Crippen LogP contribution is -2.17. The van der Waals surface area contributed by atoms with Crippen LogP contribution in [0.2, 0.25) is 0 Å². The molecule has 0 unspecified atom stereocenters. The molecule has 8 nitrogen and oxygen atoms in total. The van der Waals surface area contributed by atoms with E-state index in [2.05, 4.69) is 48.3 Å². The summed E-state index contributed by atoms with van der Waals surface area (Å²) in [4.78, 5) is 8.92. The number of anilines is 1. The van der Waals surface area contributed by atoms with E-state index in [1.54, 1.807) is 0 Å². The van der Waals surface area contributed by atoms with Crippen LogP contribution in [0.1, 0.15) is 6.42 Å². The van der Waals surface area contributed by atoms with Crippen molar-refractivity contribution in [3.05, 3.63) is 30.3 Å². The van der Waals surface area contributed by atoms with Gasteiger partial charge in [0.2, 0.25) is 17.6 Å². The summed E-state index contributed by atoms with van der Waals surface area (Å²) in [7, 11) is 1.99. The number of hydrogen-bond donors (Lipinski definition) is 1. The topological polar surface area (TPSA) is 86.6 Å². The summed E-state index contributed by atoms with van der Waals surface area (Å²) < 4.78 is 9.28. The van der Waals surface area contributed by atoms with Crippen LogP contribution >= 0.6 is 0 Å². The van der Waals surface area contributed by atoms with Gasteiger partial charge in [0.15, 0.2) is 0 Å². The molecule has 5 rings (SSSR count). The summed E-state index contributed by atoms with van der Waals surface area (Å²) >= 11 is 0. The average molecular weight is 321 g/mol. The molecular formula is C16H15N7O. The molecule has 0 amide bonds. The van der Waals surface area contributed by atoms with Crippen LogP contribution in [0.4, 0.5) is 5.95 Å². The number of rotatable bonds is 2. The van der Waals surface area contributed by atoms with E-state index < -0.39 is 0 Å². The van der Waals surface area contributed by atoms with Crippen molar-refractivity contribution in [3.63, 3.8) is 0 Å². The first kappa shape index (κ1) is 13.3. The van der Waals surface area contributed by atoms with Gasteiger partial charge in [0.25, 0.3) is 5.89 Å². The zero-order valence-corrected chi connectivity index (χ0v) is 13.1. The van der Waals surface area contributed by atoms with E-state index in [4.69, 9.17) is 4.52 Å². The molecule has 0 atom stereocenters. The van der Waals surface area contributed by atoms with E-state index in [-0.39, 0.29) is 0 Å². The van der Waals surface area contributed by atoms with Gasteiger partial charge in [-0.05, 0) is 18.6 Å². The molecule has 1 aliphatic rings. The number of para-hydroxylation sites is 1. The molecular weight excluding hydrogens is 306 g/mol. The van der Waals surface area contributed by atoms with Crippen molar-refractivity contribution in [3.8, 4) is 23.2 Å². The van der Waals surface area contributed by atoms with Gasteiger partial charge in [-0.25, -0.2) is 4.68 Å². The van der Waals surface area contributed by atoms with Crippen molar-refractivity contribution >= 4 is 16.9 Å². The molecule has 24 heavy (non-hydrogen) atoms. The minimum absolute atomic E-state index is 0.332. The average Bonchev–Trinajstić information content (AvgIpc) is 3.31. The second-order valence-electron chi connectivity index (χ2n) is 5.83. The number of aromatic nitrogens is 6. The predicted octanol–water partition coefficient (Wildman–Crippen LogP) is 2.30. The second kappa shape index (κ2) is 4.92. The highest BCUT2D eigenvalue weighted by Crippen LogP contribution is 2.27. The van der Waals surface area contributed by atoms with Gasteiger partial charge < -0.3 is 14.4 Å². The van der Waals surface area contributed by atoms with E-state index >= 15 is 0 Å². The Kier molecular flexibility index (Phi) is 2.72. The van der Waals surface area contributed by atoms with Crippen LogP contribution in [0.5, 0.6) is 0 Å². The largest absolute Gasteiger partial charge is 0.354 e. The van der Waals surface area contributed by atoms with Crippen LogP contribution < -0.4 is 5.32 Å². The van der Waals surface area contributed by atoms with Crippen LogP contribution in [0.25, 0.3) is 34.1 Å². The highest BCUT2D eigenvalue weighted by atomic mass is 16.5. The minimum Gasteiger partial charge on any atom is -0.354 e. The number of aryl methyl sites for hydroxylation is 2. The Balaban J connectivity index is 1.57. The van der Waals surface area contributed by atoms with E-state index in [1.807, 2.05) is 23.9 Å². The van der Waals surface area contributed by atoms with Crippen molar-refractivity contribution in [2.45, 2.75) is 13.0 Å². The van der Waals surface area contributed by atoms with E-state index in [1.165, 1.54) is 0 Å². The highest BCUT2D eigenvalue weighted by Gasteiger charge is 2.20. The fourth-order valence-electron chi connectivity index (χ4n) is 3.07. The Hall–Kier alpha value is -3.16. The quantitative estimate of drug-likeness (QED) is 0.609. The smallest absolute Gasteiger partial charge is 0.298 e. The summed E-state index contributed by atoms with van der Waals surface area (Å²) in [5.41, 5.74) is 2.02. The van der Waals surface area contributed by atoms with Crippen LogP contribution in [-0.4, -0.2) is 36.0 Å². The van der Waals surface area contributed by atoms with Crippen LogP contribution in [0.15, 0.2) is 34.9 Å². The summed E-state index contributed by atoms with van der Waals surface area (Å²) in [5.74, 6) is 2.07. The summed E-state index contributed by atoms with van der Waals surface area (Å²) in [6.07, 6.45) is 1.03. The molecule has 8 heteroatoms. The monoisotopic (exact) mass is 321 g/mol. The number of benzene rings is 1. The van der Waals surface area contributed by atoms with Gasteiger partial charge in [-0.1, -0.05) is 23.4 Å². The molecule has 0 aliphatic carbocycles. The van der Waals surface area contributed by atoms with Crippen LogP contribution in [0.3, 0.4) is 0 Å². The van der Waals surface area contributed by atoms with Crippen molar-refractivity contribution in [2.75, 3.05) is 11.9 Å². The summed E-state index contributed by atoms with van der Waals surface area (Å²) in [6.45, 7) is 1.75. The van der Waals surface area contributed by atoms with E-state index in [0.717, 1.165) is 42.1 Å². The predicted molar refractivity (Wildman–Crippen MR) is 88.3 cm³/mol. The maximum absolute atomic E-state index is 5.39. The molecule has 120 valence electrons. The molecule has 0 bridgehead atoms. The number of fused-ring (bicyclic) bond motifs is 2. The molecule has 0 spiro atoms. The Morgan fingerprint density at radius 3 is 2.96 bits per heavy atom. The normalized spacial score (nSPS) is 13.9. The summed E-state index contributed by atoms with van der Waals surface area (Å²) in [5, 5.41) is 12.9. The summed E-state index contributed by atoms with van der Waals surface area (Å²) in [6, 6.07) is 10.2. The SMILES string of the molecule is Cn1c(-c2noc(-c3nc4n(n3)CCCN4)n2)cc2ccccc21. The van der Waals surface area contributed by atoms with Gasteiger partial charge in [0.05, 0.1) is 5.69 Å². The molecule has 0 fully saturated rings. The molecule has 4 heterocycles. The Morgan fingerprint density at radius 1 is 1.17 bits per heavy atom. The second-order valence-corrected chi connectivity index (χ2v) is 5.83. The first-order chi connectivity index (χ1) is 11.8. The zero-order chi connectivity index (χ0) is 16.1. The lowest BCUT2D eigenvalue weighted by Gasteiger charge is -2.12. The van der Waals surface area contributed by atoms with Crippen molar-refractivity contribution < 1.29 is 4.52 Å². The van der Waals surface area contributed by atoms with Gasteiger partial charge in [-0.2, -0.15) is 9.97 Å². The highest BCUT2D eigenvalue weighted by molar-refractivity contribution is 5.85. The molecule has 4 aromatic rings.